The number of benzene rings is 2. The van der Waals surface area contributed by atoms with Crippen molar-refractivity contribution in [1.29, 1.82) is 0 Å². The summed E-state index contributed by atoms with van der Waals surface area (Å²) in [5, 5.41) is 0. The Kier molecular flexibility index (Phi) is 2.67. The highest BCUT2D eigenvalue weighted by Crippen LogP contribution is 2.30. The molecule has 3 heteroatoms. The number of hydrogen-bond acceptors (Lipinski definition) is 2. The van der Waals surface area contributed by atoms with Crippen LogP contribution in [0.4, 0.5) is 10.1 Å². The second-order valence-corrected chi connectivity index (χ2v) is 4.58. The number of nitrogen functional groups attached to an aromatic ring is 1. The summed E-state index contributed by atoms with van der Waals surface area (Å²) in [5.74, 6) is 0.452. The first kappa shape index (κ1) is 11.1. The smallest absolute Gasteiger partial charge is 0.146 e. The summed E-state index contributed by atoms with van der Waals surface area (Å²) in [6.07, 6.45) is 2.62. The highest BCUT2D eigenvalue weighted by atomic mass is 19.1. The Morgan fingerprint density at radius 1 is 1.06 bits per heavy atom. The van der Waals surface area contributed by atoms with Gasteiger partial charge in [-0.3, -0.25) is 0 Å². The molecule has 0 radical (unpaired) electrons. The van der Waals surface area contributed by atoms with E-state index >= 15 is 0 Å². The minimum Gasteiger partial charge on any atom is -0.490 e. The minimum atomic E-state index is -0.388. The molecule has 92 valence electrons. The molecule has 1 aliphatic rings. The van der Waals surface area contributed by atoms with Crippen molar-refractivity contribution in [3.63, 3.8) is 0 Å². The summed E-state index contributed by atoms with van der Waals surface area (Å²) in [5.41, 5.74) is 7.39. The molecule has 0 saturated heterocycles. The van der Waals surface area contributed by atoms with Crippen molar-refractivity contribution >= 4 is 5.69 Å². The molecule has 0 aromatic heterocycles. The Labute approximate surface area is 105 Å². The van der Waals surface area contributed by atoms with Crippen LogP contribution in [0.25, 0.3) is 11.1 Å². The van der Waals surface area contributed by atoms with Crippen LogP contribution in [0.1, 0.15) is 12.8 Å². The fourth-order valence-corrected chi connectivity index (χ4v) is 1.83. The maximum Gasteiger partial charge on any atom is 0.146 e. The van der Waals surface area contributed by atoms with Gasteiger partial charge in [0.1, 0.15) is 11.6 Å². The molecule has 0 spiro atoms. The molecular formula is C15H14FNO. The lowest BCUT2D eigenvalue weighted by Gasteiger charge is -2.07. The summed E-state index contributed by atoms with van der Waals surface area (Å²) < 4.78 is 19.2. The Bertz CT molecular complexity index is 578. The molecule has 3 rings (SSSR count). The quantitative estimate of drug-likeness (QED) is 0.836. The standard InChI is InChI=1S/C15H14FNO/c16-14-9-11(4-7-15(14)17)10-2-1-3-13(8-10)18-12-5-6-12/h1-4,7-9,12H,5-6,17H2. The predicted octanol–water partition coefficient (Wildman–Crippen LogP) is 3.62. The van der Waals surface area contributed by atoms with Crippen molar-refractivity contribution in [2.24, 2.45) is 0 Å². The summed E-state index contributed by atoms with van der Waals surface area (Å²) in [4.78, 5) is 0. The largest absolute Gasteiger partial charge is 0.490 e. The molecule has 0 aliphatic heterocycles. The third kappa shape index (κ3) is 2.30. The first-order valence-corrected chi connectivity index (χ1v) is 6.04. The van der Waals surface area contributed by atoms with Gasteiger partial charge in [-0.15, -0.1) is 0 Å². The van der Waals surface area contributed by atoms with Gasteiger partial charge in [0.05, 0.1) is 11.8 Å². The summed E-state index contributed by atoms with van der Waals surface area (Å²) in [6, 6.07) is 12.6. The molecule has 2 aromatic carbocycles. The molecule has 0 bridgehead atoms. The SMILES string of the molecule is Nc1ccc(-c2cccc(OC3CC3)c2)cc1F. The zero-order valence-corrected chi connectivity index (χ0v) is 9.90. The Hall–Kier alpha value is -2.03. The Morgan fingerprint density at radius 2 is 1.83 bits per heavy atom. The van der Waals surface area contributed by atoms with Gasteiger partial charge in [0.15, 0.2) is 0 Å². The van der Waals surface area contributed by atoms with E-state index in [1.165, 1.54) is 6.07 Å². The molecular weight excluding hydrogens is 229 g/mol. The highest BCUT2D eigenvalue weighted by Gasteiger charge is 2.23. The number of rotatable bonds is 3. The van der Waals surface area contributed by atoms with E-state index < -0.39 is 0 Å². The lowest BCUT2D eigenvalue weighted by molar-refractivity contribution is 0.303. The molecule has 1 saturated carbocycles. The highest BCUT2D eigenvalue weighted by molar-refractivity contribution is 5.67. The van der Waals surface area contributed by atoms with Crippen molar-refractivity contribution in [3.8, 4) is 16.9 Å². The van der Waals surface area contributed by atoms with Crippen molar-refractivity contribution in [2.45, 2.75) is 18.9 Å². The molecule has 2 aromatic rings. The molecule has 0 amide bonds. The molecule has 2 N–H and O–H groups in total. The third-order valence-electron chi connectivity index (χ3n) is 2.99. The fraction of sp³-hybridized carbons (Fsp3) is 0.200. The van der Waals surface area contributed by atoms with Gasteiger partial charge in [0, 0.05) is 0 Å². The zero-order valence-electron chi connectivity index (χ0n) is 9.90. The van der Waals surface area contributed by atoms with E-state index in [9.17, 15) is 4.39 Å². The first-order valence-electron chi connectivity index (χ1n) is 6.04. The minimum absolute atomic E-state index is 0.170. The maximum absolute atomic E-state index is 13.4. The normalized spacial score (nSPS) is 14.5. The predicted molar refractivity (Wildman–Crippen MR) is 69.9 cm³/mol. The summed E-state index contributed by atoms with van der Waals surface area (Å²) >= 11 is 0. The first-order chi connectivity index (χ1) is 8.72. The van der Waals surface area contributed by atoms with Gasteiger partial charge in [-0.25, -0.2) is 4.39 Å². The van der Waals surface area contributed by atoms with Gasteiger partial charge in [0.2, 0.25) is 0 Å². The van der Waals surface area contributed by atoms with E-state index in [0.717, 1.165) is 29.7 Å². The molecule has 0 atom stereocenters. The van der Waals surface area contributed by atoms with Crippen LogP contribution in [0.15, 0.2) is 42.5 Å². The number of halogens is 1. The van der Waals surface area contributed by atoms with E-state index in [0.29, 0.717) is 6.10 Å². The van der Waals surface area contributed by atoms with Gasteiger partial charge in [0.25, 0.3) is 0 Å². The second kappa shape index (κ2) is 4.33. The van der Waals surface area contributed by atoms with Crippen LogP contribution >= 0.6 is 0 Å². The third-order valence-corrected chi connectivity index (χ3v) is 2.99. The van der Waals surface area contributed by atoms with Crippen LogP contribution in [0.5, 0.6) is 5.75 Å². The molecule has 1 aliphatic carbocycles. The molecule has 0 unspecified atom stereocenters. The molecule has 18 heavy (non-hydrogen) atoms. The van der Waals surface area contributed by atoms with E-state index in [1.54, 1.807) is 6.07 Å². The average Bonchev–Trinajstić information content (AvgIpc) is 3.17. The lowest BCUT2D eigenvalue weighted by Crippen LogP contribution is -1.95. The summed E-state index contributed by atoms with van der Waals surface area (Å²) in [7, 11) is 0. The van der Waals surface area contributed by atoms with Crippen LogP contribution in [0.2, 0.25) is 0 Å². The van der Waals surface area contributed by atoms with E-state index in [2.05, 4.69) is 0 Å². The topological polar surface area (TPSA) is 35.2 Å². The van der Waals surface area contributed by atoms with Gasteiger partial charge >= 0.3 is 0 Å². The molecule has 0 heterocycles. The van der Waals surface area contributed by atoms with Gasteiger partial charge in [-0.2, -0.15) is 0 Å². The fourth-order valence-electron chi connectivity index (χ4n) is 1.83. The van der Waals surface area contributed by atoms with Gasteiger partial charge in [-0.05, 0) is 48.2 Å². The number of ether oxygens (including phenoxy) is 1. The van der Waals surface area contributed by atoms with Crippen LogP contribution in [-0.4, -0.2) is 6.10 Å². The van der Waals surface area contributed by atoms with E-state index in [4.69, 9.17) is 10.5 Å². The molecule has 2 nitrogen and oxygen atoms in total. The van der Waals surface area contributed by atoms with Crippen molar-refractivity contribution in [2.75, 3.05) is 5.73 Å². The van der Waals surface area contributed by atoms with Crippen LogP contribution in [0, 0.1) is 5.82 Å². The lowest BCUT2D eigenvalue weighted by atomic mass is 10.0. The monoisotopic (exact) mass is 243 g/mol. The van der Waals surface area contributed by atoms with Crippen LogP contribution < -0.4 is 10.5 Å². The Morgan fingerprint density at radius 3 is 2.56 bits per heavy atom. The molecule has 1 fully saturated rings. The van der Waals surface area contributed by atoms with E-state index in [1.807, 2.05) is 30.3 Å². The zero-order chi connectivity index (χ0) is 12.5. The van der Waals surface area contributed by atoms with Crippen LogP contribution in [0.3, 0.4) is 0 Å². The maximum atomic E-state index is 13.4. The number of hydrogen-bond donors (Lipinski definition) is 1. The van der Waals surface area contributed by atoms with Crippen molar-refractivity contribution < 1.29 is 9.13 Å². The Balaban J connectivity index is 1.92. The van der Waals surface area contributed by atoms with Gasteiger partial charge < -0.3 is 10.5 Å². The number of nitrogens with two attached hydrogens (primary N) is 1. The summed E-state index contributed by atoms with van der Waals surface area (Å²) in [6.45, 7) is 0. The average molecular weight is 243 g/mol. The van der Waals surface area contributed by atoms with Crippen molar-refractivity contribution in [1.82, 2.24) is 0 Å². The number of anilines is 1. The second-order valence-electron chi connectivity index (χ2n) is 4.58. The van der Waals surface area contributed by atoms with E-state index in [-0.39, 0.29) is 11.5 Å². The van der Waals surface area contributed by atoms with Gasteiger partial charge in [-0.1, -0.05) is 18.2 Å². The van der Waals surface area contributed by atoms with Crippen molar-refractivity contribution in [3.05, 3.63) is 48.3 Å². The van der Waals surface area contributed by atoms with Crippen LogP contribution in [-0.2, 0) is 0 Å².